The molecule has 1 aromatic heterocycles. The number of morpholine rings is 1. The summed E-state index contributed by atoms with van der Waals surface area (Å²) in [5.74, 6) is 0.814. The maximum Gasteiger partial charge on any atom is 0.191 e. The molecule has 1 aliphatic rings. The fraction of sp³-hybridized carbons (Fsp3) is 0.474. The largest absolute Gasteiger partial charge is 0.379 e. The van der Waals surface area contributed by atoms with Crippen LogP contribution in [-0.4, -0.2) is 67.1 Å². The molecule has 1 aliphatic heterocycles. The summed E-state index contributed by atoms with van der Waals surface area (Å²) in [4.78, 5) is 6.68. The molecular weight excluding hydrogens is 328 g/mol. The molecule has 0 spiro atoms. The minimum Gasteiger partial charge on any atom is -0.379 e. The highest BCUT2D eigenvalue weighted by molar-refractivity contribution is 5.79. The summed E-state index contributed by atoms with van der Waals surface area (Å²) in [5.41, 5.74) is 2.38. The number of nitrogens with zero attached hydrogens (tertiary/aromatic N) is 4. The van der Waals surface area contributed by atoms with Crippen LogP contribution in [0.3, 0.4) is 0 Å². The van der Waals surface area contributed by atoms with Crippen molar-refractivity contribution in [1.82, 2.24) is 25.3 Å². The van der Waals surface area contributed by atoms with E-state index in [1.165, 1.54) is 5.56 Å². The summed E-state index contributed by atoms with van der Waals surface area (Å²) < 4.78 is 7.33. The molecule has 0 bridgehead atoms. The van der Waals surface area contributed by atoms with Crippen LogP contribution in [0.4, 0.5) is 0 Å². The highest BCUT2D eigenvalue weighted by Gasteiger charge is 2.09. The predicted octanol–water partition coefficient (Wildman–Crippen LogP) is 0.929. The minimum absolute atomic E-state index is 0.700. The Kier molecular flexibility index (Phi) is 7.04. The maximum absolute atomic E-state index is 5.37. The maximum atomic E-state index is 5.37. The number of benzene rings is 1. The van der Waals surface area contributed by atoms with Crippen LogP contribution in [-0.2, 0) is 17.8 Å². The van der Waals surface area contributed by atoms with Gasteiger partial charge in [0, 0.05) is 51.5 Å². The lowest BCUT2D eigenvalue weighted by molar-refractivity contribution is 0.0389. The van der Waals surface area contributed by atoms with Crippen molar-refractivity contribution in [2.75, 3.05) is 46.4 Å². The molecule has 3 rings (SSSR count). The molecule has 1 saturated heterocycles. The Bertz CT molecular complexity index is 678. The molecule has 1 aromatic carbocycles. The van der Waals surface area contributed by atoms with Gasteiger partial charge in [-0.3, -0.25) is 14.6 Å². The molecular formula is C19H28N6O. The predicted molar refractivity (Wildman–Crippen MR) is 103 cm³/mol. The summed E-state index contributed by atoms with van der Waals surface area (Å²) in [6.45, 7) is 7.04. The number of rotatable bonds is 7. The van der Waals surface area contributed by atoms with Crippen LogP contribution in [0.15, 0.2) is 47.7 Å². The molecule has 7 nitrogen and oxygen atoms in total. The molecule has 140 valence electrons. The SMILES string of the molecule is CN=C(NCCN1CCOCC1)NCc1cnn(Cc2ccccc2)c1. The summed E-state index contributed by atoms with van der Waals surface area (Å²) in [6.07, 6.45) is 3.97. The number of ether oxygens (including phenoxy) is 1. The Morgan fingerprint density at radius 2 is 1.96 bits per heavy atom. The summed E-state index contributed by atoms with van der Waals surface area (Å²) >= 11 is 0. The summed E-state index contributed by atoms with van der Waals surface area (Å²) in [7, 11) is 1.79. The van der Waals surface area contributed by atoms with Gasteiger partial charge in [-0.05, 0) is 5.56 Å². The molecule has 0 atom stereocenters. The van der Waals surface area contributed by atoms with Gasteiger partial charge in [-0.15, -0.1) is 0 Å². The zero-order chi connectivity index (χ0) is 18.0. The number of aliphatic imine (C=N–C) groups is 1. The van der Waals surface area contributed by atoms with Crippen LogP contribution in [0.5, 0.6) is 0 Å². The van der Waals surface area contributed by atoms with E-state index >= 15 is 0 Å². The third-order valence-corrected chi connectivity index (χ3v) is 4.38. The number of hydrogen-bond donors (Lipinski definition) is 2. The molecule has 0 radical (unpaired) electrons. The van der Waals surface area contributed by atoms with Crippen LogP contribution < -0.4 is 10.6 Å². The minimum atomic E-state index is 0.700. The van der Waals surface area contributed by atoms with E-state index in [1.54, 1.807) is 7.05 Å². The van der Waals surface area contributed by atoms with Crippen LogP contribution in [0.25, 0.3) is 0 Å². The standard InChI is InChI=1S/C19H28N6O/c1-20-19(21-7-8-24-9-11-26-12-10-24)22-13-18-14-23-25(16-18)15-17-5-3-2-4-6-17/h2-6,14,16H,7-13,15H2,1H3,(H2,20,21,22). The Balaban J connectivity index is 1.39. The lowest BCUT2D eigenvalue weighted by atomic mass is 10.2. The van der Waals surface area contributed by atoms with Gasteiger partial charge in [0.2, 0.25) is 0 Å². The first kappa shape index (κ1) is 18.4. The second-order valence-electron chi connectivity index (χ2n) is 6.34. The van der Waals surface area contributed by atoms with Gasteiger partial charge in [0.1, 0.15) is 0 Å². The van der Waals surface area contributed by atoms with Crippen molar-refractivity contribution in [3.05, 3.63) is 53.9 Å². The molecule has 0 aliphatic carbocycles. The van der Waals surface area contributed by atoms with Crippen molar-refractivity contribution in [1.29, 1.82) is 0 Å². The highest BCUT2D eigenvalue weighted by Crippen LogP contribution is 2.04. The van der Waals surface area contributed by atoms with Gasteiger partial charge in [0.15, 0.2) is 5.96 Å². The second kappa shape index (κ2) is 9.94. The topological polar surface area (TPSA) is 66.7 Å². The van der Waals surface area contributed by atoms with Gasteiger partial charge in [-0.1, -0.05) is 30.3 Å². The van der Waals surface area contributed by atoms with Crippen molar-refractivity contribution in [3.8, 4) is 0 Å². The Labute approximate surface area is 155 Å². The molecule has 7 heteroatoms. The number of nitrogens with one attached hydrogen (secondary N) is 2. The fourth-order valence-corrected chi connectivity index (χ4v) is 2.92. The third-order valence-electron chi connectivity index (χ3n) is 4.38. The van der Waals surface area contributed by atoms with E-state index in [0.29, 0.717) is 6.54 Å². The first-order valence-electron chi connectivity index (χ1n) is 9.13. The quantitative estimate of drug-likeness (QED) is 0.571. The highest BCUT2D eigenvalue weighted by atomic mass is 16.5. The summed E-state index contributed by atoms with van der Waals surface area (Å²) in [5, 5.41) is 11.1. The summed E-state index contributed by atoms with van der Waals surface area (Å²) in [6, 6.07) is 10.3. The average molecular weight is 356 g/mol. The average Bonchev–Trinajstić information content (AvgIpc) is 3.13. The molecule has 0 unspecified atom stereocenters. The Morgan fingerprint density at radius 3 is 2.73 bits per heavy atom. The van der Waals surface area contributed by atoms with Gasteiger partial charge in [0.25, 0.3) is 0 Å². The van der Waals surface area contributed by atoms with Crippen molar-refractivity contribution < 1.29 is 4.74 Å². The van der Waals surface area contributed by atoms with Crippen LogP contribution in [0, 0.1) is 0 Å². The fourth-order valence-electron chi connectivity index (χ4n) is 2.92. The second-order valence-corrected chi connectivity index (χ2v) is 6.34. The lowest BCUT2D eigenvalue weighted by Crippen LogP contribution is -2.44. The van der Waals surface area contributed by atoms with E-state index in [-0.39, 0.29) is 0 Å². The third kappa shape index (κ3) is 5.86. The van der Waals surface area contributed by atoms with E-state index < -0.39 is 0 Å². The molecule has 2 N–H and O–H groups in total. The van der Waals surface area contributed by atoms with E-state index in [4.69, 9.17) is 4.74 Å². The zero-order valence-electron chi connectivity index (χ0n) is 15.4. The van der Waals surface area contributed by atoms with Crippen molar-refractivity contribution >= 4 is 5.96 Å². The lowest BCUT2D eigenvalue weighted by Gasteiger charge is -2.26. The Hall–Kier alpha value is -2.38. The molecule has 0 saturated carbocycles. The van der Waals surface area contributed by atoms with Crippen molar-refractivity contribution in [2.24, 2.45) is 4.99 Å². The number of aromatic nitrogens is 2. The number of hydrogen-bond acceptors (Lipinski definition) is 4. The van der Waals surface area contributed by atoms with Gasteiger partial charge in [0.05, 0.1) is 26.0 Å². The van der Waals surface area contributed by atoms with Crippen molar-refractivity contribution in [3.63, 3.8) is 0 Å². The van der Waals surface area contributed by atoms with Crippen LogP contribution >= 0.6 is 0 Å². The van der Waals surface area contributed by atoms with Crippen LogP contribution in [0.1, 0.15) is 11.1 Å². The van der Waals surface area contributed by atoms with E-state index in [1.807, 2.05) is 29.1 Å². The van der Waals surface area contributed by atoms with Gasteiger partial charge in [-0.25, -0.2) is 0 Å². The number of guanidine groups is 1. The Morgan fingerprint density at radius 1 is 1.15 bits per heavy atom. The molecule has 26 heavy (non-hydrogen) atoms. The molecule has 2 heterocycles. The normalized spacial score (nSPS) is 15.8. The molecule has 0 amide bonds. The first-order chi connectivity index (χ1) is 12.8. The molecule has 1 fully saturated rings. The van der Waals surface area contributed by atoms with Gasteiger partial charge < -0.3 is 15.4 Å². The van der Waals surface area contributed by atoms with Crippen LogP contribution in [0.2, 0.25) is 0 Å². The molecule has 2 aromatic rings. The van der Waals surface area contributed by atoms with E-state index in [9.17, 15) is 0 Å². The first-order valence-corrected chi connectivity index (χ1v) is 9.13. The zero-order valence-corrected chi connectivity index (χ0v) is 15.4. The smallest absolute Gasteiger partial charge is 0.191 e. The van der Waals surface area contributed by atoms with Gasteiger partial charge in [-0.2, -0.15) is 5.10 Å². The monoisotopic (exact) mass is 356 g/mol. The van der Waals surface area contributed by atoms with E-state index in [0.717, 1.165) is 57.5 Å². The van der Waals surface area contributed by atoms with E-state index in [2.05, 4.69) is 44.0 Å². The van der Waals surface area contributed by atoms with Gasteiger partial charge >= 0.3 is 0 Å². The van der Waals surface area contributed by atoms with Crippen molar-refractivity contribution in [2.45, 2.75) is 13.1 Å².